The predicted octanol–water partition coefficient (Wildman–Crippen LogP) is 3.95. The van der Waals surface area contributed by atoms with Crippen molar-refractivity contribution in [2.75, 3.05) is 6.54 Å². The van der Waals surface area contributed by atoms with Crippen molar-refractivity contribution in [3.05, 3.63) is 29.3 Å². The summed E-state index contributed by atoms with van der Waals surface area (Å²) >= 11 is 0. The summed E-state index contributed by atoms with van der Waals surface area (Å²) in [5, 5.41) is 0.238. The third kappa shape index (κ3) is 3.95. The predicted molar refractivity (Wildman–Crippen MR) is 90.9 cm³/mol. The van der Waals surface area contributed by atoms with Gasteiger partial charge in [-0.15, -0.1) is 0 Å². The van der Waals surface area contributed by atoms with Crippen LogP contribution in [0.1, 0.15) is 50.2 Å². The van der Waals surface area contributed by atoms with Gasteiger partial charge in [-0.25, -0.2) is 0 Å². The van der Waals surface area contributed by atoms with Crippen molar-refractivity contribution >= 4 is 10.8 Å². The van der Waals surface area contributed by atoms with Gasteiger partial charge >= 0.3 is 0 Å². The molecule has 1 fully saturated rings. The molecule has 2 N–H and O–H groups in total. The second-order valence-electron chi connectivity index (χ2n) is 6.55. The zero-order valence-corrected chi connectivity index (χ0v) is 14.4. The molecular formula is C18H29NOS. The van der Waals surface area contributed by atoms with E-state index in [4.69, 9.17) is 5.73 Å². The van der Waals surface area contributed by atoms with Crippen LogP contribution in [0.5, 0.6) is 0 Å². The SMILES string of the molecule is CCCC1CCC(CN)C(S(=O)c2ccc(C)c(C)c2)C1. The number of hydrogen-bond donors (Lipinski definition) is 1. The average Bonchev–Trinajstić information content (AvgIpc) is 2.49. The van der Waals surface area contributed by atoms with Gasteiger partial charge < -0.3 is 5.73 Å². The Morgan fingerprint density at radius 2 is 2.00 bits per heavy atom. The Labute approximate surface area is 132 Å². The van der Waals surface area contributed by atoms with E-state index in [1.807, 2.05) is 6.07 Å². The average molecular weight is 308 g/mol. The highest BCUT2D eigenvalue weighted by atomic mass is 32.2. The van der Waals surface area contributed by atoms with Gasteiger partial charge in [0.05, 0.1) is 10.8 Å². The van der Waals surface area contributed by atoms with Gasteiger partial charge in [0, 0.05) is 10.1 Å². The lowest BCUT2D eigenvalue weighted by Crippen LogP contribution is -2.37. The molecule has 0 spiro atoms. The molecular weight excluding hydrogens is 278 g/mol. The van der Waals surface area contributed by atoms with E-state index < -0.39 is 10.8 Å². The summed E-state index contributed by atoms with van der Waals surface area (Å²) < 4.78 is 13.0. The Morgan fingerprint density at radius 1 is 1.24 bits per heavy atom. The van der Waals surface area contributed by atoms with Crippen molar-refractivity contribution in [1.82, 2.24) is 0 Å². The Hall–Kier alpha value is -0.670. The van der Waals surface area contributed by atoms with Gasteiger partial charge in [0.25, 0.3) is 0 Å². The van der Waals surface area contributed by atoms with E-state index in [2.05, 4.69) is 32.9 Å². The van der Waals surface area contributed by atoms with Crippen molar-refractivity contribution in [2.24, 2.45) is 17.6 Å². The van der Waals surface area contributed by atoms with Gasteiger partial charge in [0.1, 0.15) is 0 Å². The normalized spacial score (nSPS) is 27.5. The van der Waals surface area contributed by atoms with Crippen LogP contribution in [0, 0.1) is 25.7 Å². The second kappa shape index (κ2) is 7.55. The molecule has 1 aromatic carbocycles. The first kappa shape index (κ1) is 16.7. The number of hydrogen-bond acceptors (Lipinski definition) is 2. The molecule has 4 atom stereocenters. The maximum Gasteiger partial charge on any atom is 0.0564 e. The zero-order valence-electron chi connectivity index (χ0n) is 13.6. The summed E-state index contributed by atoms with van der Waals surface area (Å²) in [6.45, 7) is 7.10. The molecule has 1 aliphatic carbocycles. The molecule has 0 saturated heterocycles. The molecule has 0 radical (unpaired) electrons. The Kier molecular flexibility index (Phi) is 6.00. The fourth-order valence-corrected chi connectivity index (χ4v) is 5.38. The molecule has 0 bridgehead atoms. The first-order valence-corrected chi connectivity index (χ1v) is 9.46. The number of rotatable bonds is 5. The van der Waals surface area contributed by atoms with Crippen molar-refractivity contribution in [2.45, 2.75) is 63.0 Å². The first-order valence-electron chi connectivity index (χ1n) is 8.24. The molecule has 118 valence electrons. The molecule has 2 rings (SSSR count). The first-order chi connectivity index (χ1) is 10.1. The lowest BCUT2D eigenvalue weighted by molar-refractivity contribution is 0.272. The summed E-state index contributed by atoms with van der Waals surface area (Å²) in [6, 6.07) is 6.23. The van der Waals surface area contributed by atoms with Crippen LogP contribution in [0.25, 0.3) is 0 Å². The molecule has 0 heterocycles. The topological polar surface area (TPSA) is 43.1 Å². The molecule has 1 aromatic rings. The maximum absolute atomic E-state index is 13.0. The van der Waals surface area contributed by atoms with E-state index in [1.54, 1.807) is 0 Å². The van der Waals surface area contributed by atoms with Crippen molar-refractivity contribution in [3.63, 3.8) is 0 Å². The van der Waals surface area contributed by atoms with Crippen LogP contribution in [0.15, 0.2) is 23.1 Å². The van der Waals surface area contributed by atoms with E-state index >= 15 is 0 Å². The third-order valence-corrected chi connectivity index (χ3v) is 6.87. The van der Waals surface area contributed by atoms with Gasteiger partial charge in [-0.3, -0.25) is 4.21 Å². The van der Waals surface area contributed by atoms with Crippen LogP contribution < -0.4 is 5.73 Å². The molecule has 1 aliphatic rings. The summed E-state index contributed by atoms with van der Waals surface area (Å²) in [4.78, 5) is 0.985. The van der Waals surface area contributed by atoms with Crippen LogP contribution in [-0.4, -0.2) is 16.0 Å². The van der Waals surface area contributed by atoms with Gasteiger partial charge in [-0.2, -0.15) is 0 Å². The molecule has 3 heteroatoms. The largest absolute Gasteiger partial charge is 0.330 e. The summed E-state index contributed by atoms with van der Waals surface area (Å²) in [5.74, 6) is 1.15. The number of aryl methyl sites for hydroxylation is 2. The summed E-state index contributed by atoms with van der Waals surface area (Å²) in [5.41, 5.74) is 8.44. The fourth-order valence-electron chi connectivity index (χ4n) is 3.49. The van der Waals surface area contributed by atoms with Crippen LogP contribution >= 0.6 is 0 Å². The highest BCUT2D eigenvalue weighted by Gasteiger charge is 2.33. The Morgan fingerprint density at radius 3 is 2.62 bits per heavy atom. The molecule has 4 unspecified atom stereocenters. The van der Waals surface area contributed by atoms with E-state index in [0.29, 0.717) is 12.5 Å². The molecule has 1 saturated carbocycles. The van der Waals surface area contributed by atoms with Crippen molar-refractivity contribution in [3.8, 4) is 0 Å². The Balaban J connectivity index is 2.18. The second-order valence-corrected chi connectivity index (χ2v) is 8.22. The zero-order chi connectivity index (χ0) is 15.4. The lowest BCUT2D eigenvalue weighted by Gasteiger charge is -2.35. The van der Waals surface area contributed by atoms with Crippen LogP contribution in [0.2, 0.25) is 0 Å². The minimum Gasteiger partial charge on any atom is -0.330 e. The van der Waals surface area contributed by atoms with Gasteiger partial charge in [-0.05, 0) is 68.3 Å². The number of benzene rings is 1. The van der Waals surface area contributed by atoms with E-state index in [1.165, 1.54) is 30.4 Å². The van der Waals surface area contributed by atoms with Crippen LogP contribution in [-0.2, 0) is 10.8 Å². The molecule has 21 heavy (non-hydrogen) atoms. The third-order valence-electron chi connectivity index (χ3n) is 5.02. The number of nitrogens with two attached hydrogens (primary N) is 1. The summed E-state index contributed by atoms with van der Waals surface area (Å²) in [6.07, 6.45) is 5.97. The quantitative estimate of drug-likeness (QED) is 0.895. The smallest absolute Gasteiger partial charge is 0.0564 e. The van der Waals surface area contributed by atoms with Crippen LogP contribution in [0.4, 0.5) is 0 Å². The molecule has 2 nitrogen and oxygen atoms in total. The molecule has 0 aromatic heterocycles. The fraction of sp³-hybridized carbons (Fsp3) is 0.667. The van der Waals surface area contributed by atoms with Gasteiger partial charge in [-0.1, -0.05) is 32.3 Å². The lowest BCUT2D eigenvalue weighted by atomic mass is 9.80. The van der Waals surface area contributed by atoms with Gasteiger partial charge in [0.2, 0.25) is 0 Å². The highest BCUT2D eigenvalue weighted by molar-refractivity contribution is 7.85. The Bertz CT molecular complexity index is 500. The van der Waals surface area contributed by atoms with Crippen molar-refractivity contribution < 1.29 is 4.21 Å². The van der Waals surface area contributed by atoms with Crippen molar-refractivity contribution in [1.29, 1.82) is 0 Å². The van der Waals surface area contributed by atoms with Gasteiger partial charge in [0.15, 0.2) is 0 Å². The standard InChI is InChI=1S/C18H29NOS/c1-4-5-15-7-8-16(12-19)18(11-15)21(20)17-9-6-13(2)14(3)10-17/h6,9-10,15-16,18H,4-5,7-8,11-12,19H2,1-3H3. The minimum absolute atomic E-state index is 0.238. The minimum atomic E-state index is -0.923. The summed E-state index contributed by atoms with van der Waals surface area (Å²) in [7, 11) is -0.923. The van der Waals surface area contributed by atoms with Crippen LogP contribution in [0.3, 0.4) is 0 Å². The molecule has 0 amide bonds. The highest BCUT2D eigenvalue weighted by Crippen LogP contribution is 2.36. The van der Waals surface area contributed by atoms with E-state index in [0.717, 1.165) is 23.7 Å². The monoisotopic (exact) mass is 307 g/mol. The van der Waals surface area contributed by atoms with E-state index in [-0.39, 0.29) is 5.25 Å². The van der Waals surface area contributed by atoms with E-state index in [9.17, 15) is 4.21 Å². The molecule has 0 aliphatic heterocycles. The maximum atomic E-state index is 13.0.